The Labute approximate surface area is 205 Å². The van der Waals surface area contributed by atoms with Crippen molar-refractivity contribution in [1.29, 1.82) is 0 Å². The van der Waals surface area contributed by atoms with E-state index in [2.05, 4.69) is 86.9 Å². The van der Waals surface area contributed by atoms with Gasteiger partial charge in [0.25, 0.3) is 0 Å². The highest BCUT2D eigenvalue weighted by molar-refractivity contribution is 6.34. The molecule has 0 amide bonds. The molecule has 6 nitrogen and oxygen atoms in total. The second-order valence-corrected chi connectivity index (χ2v) is 8.81. The zero-order chi connectivity index (χ0) is 23.6. The van der Waals surface area contributed by atoms with Crippen LogP contribution in [0.5, 0.6) is 0 Å². The maximum absolute atomic E-state index is 4.89. The quantitative estimate of drug-likeness (QED) is 0.290. The Bertz CT molecular complexity index is 1940. The summed E-state index contributed by atoms with van der Waals surface area (Å²) < 4.78 is 4.55. The van der Waals surface area contributed by atoms with Crippen LogP contribution in [-0.4, -0.2) is 29.1 Å². The third-order valence-corrected chi connectivity index (χ3v) is 6.94. The van der Waals surface area contributed by atoms with Gasteiger partial charge in [-0.3, -0.25) is 19.5 Å². The molecule has 6 heteroatoms. The zero-order valence-corrected chi connectivity index (χ0v) is 19.1. The Morgan fingerprint density at radius 1 is 0.500 bits per heavy atom. The molecule has 8 aromatic rings. The molecule has 0 fully saturated rings. The van der Waals surface area contributed by atoms with E-state index in [1.165, 1.54) is 0 Å². The highest BCUT2D eigenvalue weighted by atomic mass is 15.1. The lowest BCUT2D eigenvalue weighted by Crippen LogP contribution is -2.01. The van der Waals surface area contributed by atoms with E-state index in [9.17, 15) is 0 Å². The smallest absolute Gasteiger partial charge is 0.156 e. The van der Waals surface area contributed by atoms with Crippen molar-refractivity contribution in [2.45, 2.75) is 0 Å². The van der Waals surface area contributed by atoms with Crippen LogP contribution in [0.3, 0.4) is 0 Å². The normalized spacial score (nSPS) is 11.9. The lowest BCUT2D eigenvalue weighted by Gasteiger charge is -2.12. The molecule has 8 rings (SSSR count). The molecule has 0 aliphatic rings. The third-order valence-electron chi connectivity index (χ3n) is 6.94. The molecule has 0 atom stereocenters. The van der Waals surface area contributed by atoms with Crippen LogP contribution in [0.4, 0.5) is 0 Å². The summed E-state index contributed by atoms with van der Waals surface area (Å²) in [5.41, 5.74) is 7.16. The van der Waals surface area contributed by atoms with Crippen LogP contribution in [0, 0.1) is 0 Å². The monoisotopic (exact) mass is 462 g/mol. The first-order valence-electron chi connectivity index (χ1n) is 11.8. The Morgan fingerprint density at radius 2 is 1.06 bits per heavy atom. The van der Waals surface area contributed by atoms with Crippen molar-refractivity contribution < 1.29 is 0 Å². The molecule has 0 saturated heterocycles. The van der Waals surface area contributed by atoms with Gasteiger partial charge >= 0.3 is 0 Å². The second-order valence-electron chi connectivity index (χ2n) is 8.81. The number of hydrogen-bond donors (Lipinski definition) is 0. The van der Waals surface area contributed by atoms with E-state index in [1.54, 1.807) is 24.8 Å². The fraction of sp³-hybridized carbons (Fsp3) is 0. The average Bonchev–Trinajstić information content (AvgIpc) is 3.48. The fourth-order valence-electron chi connectivity index (χ4n) is 5.60. The van der Waals surface area contributed by atoms with Gasteiger partial charge in [0.15, 0.2) is 5.82 Å². The Kier molecular flexibility index (Phi) is 3.85. The largest absolute Gasteiger partial charge is 0.307 e. The number of rotatable bonds is 2. The van der Waals surface area contributed by atoms with Crippen LogP contribution in [0.2, 0.25) is 0 Å². The molecular weight excluding hydrogens is 444 g/mol. The van der Waals surface area contributed by atoms with Gasteiger partial charge in [0.2, 0.25) is 0 Å². The Balaban J connectivity index is 1.79. The summed E-state index contributed by atoms with van der Waals surface area (Å²) in [5, 5.41) is 4.39. The highest BCUT2D eigenvalue weighted by Crippen LogP contribution is 2.45. The molecule has 4 aromatic carbocycles. The third kappa shape index (κ3) is 2.45. The molecule has 36 heavy (non-hydrogen) atoms. The van der Waals surface area contributed by atoms with Gasteiger partial charge in [-0.05, 0) is 24.3 Å². The molecule has 0 saturated carbocycles. The molecule has 0 bridgehead atoms. The number of nitrogens with zero attached hydrogens (tertiary/aromatic N) is 6. The average molecular weight is 463 g/mol. The number of benzene rings is 4. The summed E-state index contributed by atoms with van der Waals surface area (Å²) in [6, 6.07) is 27.4. The van der Waals surface area contributed by atoms with Crippen LogP contribution in [-0.2, 0) is 0 Å². The first-order chi connectivity index (χ1) is 17.9. The molecule has 168 valence electrons. The number of fused-ring (bicyclic) bond motifs is 10. The minimum atomic E-state index is 0.762. The molecule has 0 N–H and O–H groups in total. The van der Waals surface area contributed by atoms with Gasteiger partial charge in [0.05, 0.1) is 39.3 Å². The van der Waals surface area contributed by atoms with Crippen molar-refractivity contribution in [3.63, 3.8) is 0 Å². The summed E-state index contributed by atoms with van der Waals surface area (Å²) >= 11 is 0. The summed E-state index contributed by atoms with van der Waals surface area (Å²) in [5.74, 6) is 0.762. The van der Waals surface area contributed by atoms with Gasteiger partial charge in [-0.2, -0.15) is 0 Å². The molecule has 0 unspecified atom stereocenters. The van der Waals surface area contributed by atoms with E-state index in [-0.39, 0.29) is 0 Å². The Morgan fingerprint density at radius 3 is 1.69 bits per heavy atom. The van der Waals surface area contributed by atoms with Crippen LogP contribution < -0.4 is 0 Å². The summed E-state index contributed by atoms with van der Waals surface area (Å²) in [7, 11) is 0. The second kappa shape index (κ2) is 7.20. The molecule has 0 spiro atoms. The maximum atomic E-state index is 4.89. The van der Waals surface area contributed by atoms with Gasteiger partial charge < -0.3 is 4.57 Å². The van der Waals surface area contributed by atoms with Gasteiger partial charge in [0, 0.05) is 52.0 Å². The van der Waals surface area contributed by atoms with Crippen LogP contribution in [0.25, 0.3) is 66.2 Å². The van der Waals surface area contributed by atoms with E-state index < -0.39 is 0 Å². The van der Waals surface area contributed by atoms with Crippen molar-refractivity contribution >= 4 is 54.6 Å². The lowest BCUT2D eigenvalue weighted by molar-refractivity contribution is 1.04. The van der Waals surface area contributed by atoms with Crippen molar-refractivity contribution in [3.05, 3.63) is 110 Å². The number of aromatic nitrogens is 6. The van der Waals surface area contributed by atoms with E-state index >= 15 is 0 Å². The minimum absolute atomic E-state index is 0.762. The van der Waals surface area contributed by atoms with Crippen LogP contribution in [0.1, 0.15) is 0 Å². The maximum Gasteiger partial charge on any atom is 0.156 e. The van der Waals surface area contributed by atoms with Gasteiger partial charge in [-0.15, -0.1) is 0 Å². The minimum Gasteiger partial charge on any atom is -0.307 e. The van der Waals surface area contributed by atoms with E-state index in [4.69, 9.17) is 15.0 Å². The van der Waals surface area contributed by atoms with Gasteiger partial charge in [0.1, 0.15) is 0 Å². The molecule has 0 radical (unpaired) electrons. The summed E-state index contributed by atoms with van der Waals surface area (Å²) in [6.45, 7) is 0. The van der Waals surface area contributed by atoms with E-state index in [0.717, 1.165) is 66.2 Å². The van der Waals surface area contributed by atoms with Crippen molar-refractivity contribution in [2.75, 3.05) is 0 Å². The topological polar surface area (TPSA) is 61.4 Å². The predicted molar refractivity (Wildman–Crippen MR) is 144 cm³/mol. The van der Waals surface area contributed by atoms with E-state index in [0.29, 0.717) is 0 Å². The standard InChI is InChI=1S/C30H18N6/c1-2-8-19(9-3-1)35-22-12-6-4-10-20(22)25-27-28(34-17-16-33-27)26-21-11-5-7-13-23(21)36(30(26)29(25)35)24-18-31-14-15-32-24/h1-18H. The van der Waals surface area contributed by atoms with Gasteiger partial charge in [-0.25, -0.2) is 4.98 Å². The number of para-hydroxylation sites is 3. The lowest BCUT2D eigenvalue weighted by atomic mass is 10.1. The first kappa shape index (κ1) is 19.2. The SMILES string of the molecule is c1ccc(-n2c3ccccc3c3c4nccnc4c4c5ccccc5n(-c5cnccn5)c4c32)cc1. The number of hydrogen-bond acceptors (Lipinski definition) is 4. The van der Waals surface area contributed by atoms with Crippen LogP contribution in [0.15, 0.2) is 110 Å². The molecule has 0 aliphatic heterocycles. The van der Waals surface area contributed by atoms with Gasteiger partial charge in [-0.1, -0.05) is 54.6 Å². The summed E-state index contributed by atoms with van der Waals surface area (Å²) in [4.78, 5) is 18.9. The predicted octanol–water partition coefficient (Wildman–Crippen LogP) is 6.61. The zero-order valence-electron chi connectivity index (χ0n) is 19.1. The first-order valence-corrected chi connectivity index (χ1v) is 11.8. The van der Waals surface area contributed by atoms with E-state index in [1.807, 2.05) is 12.3 Å². The van der Waals surface area contributed by atoms with Crippen molar-refractivity contribution in [2.24, 2.45) is 0 Å². The highest BCUT2D eigenvalue weighted by Gasteiger charge is 2.25. The molecule has 4 aromatic heterocycles. The molecule has 4 heterocycles. The Hall–Kier alpha value is -5.10. The molecular formula is C30H18N6. The fourth-order valence-corrected chi connectivity index (χ4v) is 5.60. The van der Waals surface area contributed by atoms with Crippen LogP contribution >= 0.6 is 0 Å². The molecule has 0 aliphatic carbocycles. The summed E-state index contributed by atoms with van der Waals surface area (Å²) in [6.07, 6.45) is 8.81. The van der Waals surface area contributed by atoms with Crippen molar-refractivity contribution in [1.82, 2.24) is 29.1 Å². The van der Waals surface area contributed by atoms with Crippen molar-refractivity contribution in [3.8, 4) is 11.5 Å².